The number of carbonyl (C=O) groups excluding carboxylic acids is 2. The molecule has 114 valence electrons. The summed E-state index contributed by atoms with van der Waals surface area (Å²) in [4.78, 5) is 36.5. The topological polar surface area (TPSA) is 96.6 Å². The second kappa shape index (κ2) is 6.06. The van der Waals surface area contributed by atoms with Gasteiger partial charge in [-0.1, -0.05) is 0 Å². The van der Waals surface area contributed by atoms with Gasteiger partial charge in [-0.25, -0.2) is 14.8 Å². The summed E-state index contributed by atoms with van der Waals surface area (Å²) in [7, 11) is 1.38. The number of nitrogens with zero attached hydrogens (tertiary/aromatic N) is 1. The van der Waals surface area contributed by atoms with Crippen LogP contribution in [0.2, 0.25) is 0 Å². The molecule has 1 aromatic rings. The molecule has 1 saturated heterocycles. The Bertz CT molecular complexity index is 541. The molecule has 2 heterocycles. The van der Waals surface area contributed by atoms with Crippen molar-refractivity contribution < 1.29 is 33.3 Å². The molecule has 1 aliphatic heterocycles. The molecule has 1 aliphatic rings. The maximum Gasteiger partial charge on any atom is 0.329 e. The first-order valence-electron chi connectivity index (χ1n) is 6.15. The van der Waals surface area contributed by atoms with E-state index in [2.05, 4.69) is 9.88 Å². The number of cyclic esters (lactones) is 2. The molecule has 0 radical (unpaired) electrons. The van der Waals surface area contributed by atoms with Crippen molar-refractivity contribution in [3.05, 3.63) is 17.9 Å². The standard InChI is InChI=1S/C13H15NO7/c1-13(2)20-11(15)9(12(16)21-13)6-14-10-5-4-8(19-10)7-18-17-3/h4-6,9H,7H2,1-3H3. The summed E-state index contributed by atoms with van der Waals surface area (Å²) in [6.07, 6.45) is 1.12. The van der Waals surface area contributed by atoms with E-state index in [0.717, 1.165) is 6.21 Å². The Morgan fingerprint density at radius 1 is 1.29 bits per heavy atom. The van der Waals surface area contributed by atoms with E-state index in [1.54, 1.807) is 12.1 Å². The van der Waals surface area contributed by atoms with E-state index in [0.29, 0.717) is 5.76 Å². The van der Waals surface area contributed by atoms with Crippen LogP contribution in [-0.4, -0.2) is 31.1 Å². The zero-order valence-electron chi connectivity index (χ0n) is 11.8. The fourth-order valence-electron chi connectivity index (χ4n) is 1.63. The minimum absolute atomic E-state index is 0.119. The summed E-state index contributed by atoms with van der Waals surface area (Å²) < 4.78 is 15.2. The van der Waals surface area contributed by atoms with E-state index in [-0.39, 0.29) is 12.5 Å². The molecule has 0 unspecified atom stereocenters. The van der Waals surface area contributed by atoms with Gasteiger partial charge >= 0.3 is 11.9 Å². The Hall–Kier alpha value is -2.19. The molecule has 1 fully saturated rings. The summed E-state index contributed by atoms with van der Waals surface area (Å²) in [6.45, 7) is 3.07. The van der Waals surface area contributed by atoms with Gasteiger partial charge in [0, 0.05) is 26.1 Å². The van der Waals surface area contributed by atoms with E-state index in [4.69, 9.17) is 18.8 Å². The molecule has 0 N–H and O–H groups in total. The fraction of sp³-hybridized carbons (Fsp3) is 0.462. The van der Waals surface area contributed by atoms with Gasteiger partial charge in [0.2, 0.25) is 5.88 Å². The molecule has 2 rings (SSSR count). The predicted octanol–water partition coefficient (Wildman–Crippen LogP) is 1.51. The highest BCUT2D eigenvalue weighted by Crippen LogP contribution is 2.23. The summed E-state index contributed by atoms with van der Waals surface area (Å²) in [5.74, 6) is -3.19. The highest BCUT2D eigenvalue weighted by Gasteiger charge is 2.42. The number of ether oxygens (including phenoxy) is 2. The predicted molar refractivity (Wildman–Crippen MR) is 68.4 cm³/mol. The van der Waals surface area contributed by atoms with Gasteiger partial charge in [0.1, 0.15) is 12.4 Å². The lowest BCUT2D eigenvalue weighted by Gasteiger charge is -2.31. The number of hydrogen-bond acceptors (Lipinski definition) is 8. The highest BCUT2D eigenvalue weighted by atomic mass is 17.2. The molecule has 0 aromatic carbocycles. The minimum Gasteiger partial charge on any atom is -0.441 e. The largest absolute Gasteiger partial charge is 0.441 e. The van der Waals surface area contributed by atoms with Gasteiger partial charge in [-0.05, 0) is 6.07 Å². The molecule has 0 aliphatic carbocycles. The van der Waals surface area contributed by atoms with Crippen LogP contribution >= 0.6 is 0 Å². The Morgan fingerprint density at radius 3 is 2.57 bits per heavy atom. The lowest BCUT2D eigenvalue weighted by atomic mass is 10.1. The maximum absolute atomic E-state index is 11.7. The van der Waals surface area contributed by atoms with Crippen LogP contribution in [0.3, 0.4) is 0 Å². The molecule has 0 spiro atoms. The van der Waals surface area contributed by atoms with Crippen molar-refractivity contribution in [1.82, 2.24) is 0 Å². The second-order valence-corrected chi connectivity index (χ2v) is 4.67. The smallest absolute Gasteiger partial charge is 0.329 e. The molecule has 21 heavy (non-hydrogen) atoms. The lowest BCUT2D eigenvalue weighted by molar-refractivity contribution is -0.284. The van der Waals surface area contributed by atoms with E-state index < -0.39 is 23.6 Å². The number of hydrogen-bond donors (Lipinski definition) is 0. The lowest BCUT2D eigenvalue weighted by Crippen LogP contribution is -2.46. The summed E-state index contributed by atoms with van der Waals surface area (Å²) in [6, 6.07) is 3.20. The van der Waals surface area contributed by atoms with Crippen molar-refractivity contribution >= 4 is 24.0 Å². The molecular formula is C13H15NO7. The molecular weight excluding hydrogens is 282 g/mol. The van der Waals surface area contributed by atoms with Gasteiger partial charge in [0.05, 0.1) is 7.11 Å². The fourth-order valence-corrected chi connectivity index (χ4v) is 1.63. The van der Waals surface area contributed by atoms with Crippen LogP contribution in [0.4, 0.5) is 5.88 Å². The van der Waals surface area contributed by atoms with E-state index in [1.165, 1.54) is 21.0 Å². The maximum atomic E-state index is 11.7. The number of aliphatic imine (C=N–C) groups is 1. The molecule has 8 heteroatoms. The van der Waals surface area contributed by atoms with E-state index in [1.807, 2.05) is 0 Å². The highest BCUT2D eigenvalue weighted by molar-refractivity contribution is 6.10. The van der Waals surface area contributed by atoms with Gasteiger partial charge in [0.15, 0.2) is 5.92 Å². The van der Waals surface area contributed by atoms with Crippen LogP contribution in [0.25, 0.3) is 0 Å². The van der Waals surface area contributed by atoms with Crippen LogP contribution < -0.4 is 0 Å². The molecule has 0 saturated carbocycles. The van der Waals surface area contributed by atoms with Crippen LogP contribution in [0.15, 0.2) is 21.5 Å². The summed E-state index contributed by atoms with van der Waals surface area (Å²) in [5, 5.41) is 0. The van der Waals surface area contributed by atoms with Crippen LogP contribution in [0.1, 0.15) is 19.6 Å². The third kappa shape index (κ3) is 3.89. The number of furan rings is 1. The Balaban J connectivity index is 2.02. The van der Waals surface area contributed by atoms with Crippen molar-refractivity contribution in [2.75, 3.05) is 7.11 Å². The quantitative estimate of drug-likeness (QED) is 0.267. The first kappa shape index (κ1) is 15.2. The van der Waals surface area contributed by atoms with Crippen molar-refractivity contribution in [3.63, 3.8) is 0 Å². The SMILES string of the molecule is COOCc1ccc(N=CC2C(=O)OC(C)(C)OC2=O)o1. The molecule has 0 atom stereocenters. The monoisotopic (exact) mass is 297 g/mol. The zero-order chi connectivity index (χ0) is 15.5. The van der Waals surface area contributed by atoms with Crippen LogP contribution in [0.5, 0.6) is 0 Å². The first-order chi connectivity index (χ1) is 9.91. The Morgan fingerprint density at radius 2 is 1.95 bits per heavy atom. The van der Waals surface area contributed by atoms with Crippen LogP contribution in [0, 0.1) is 5.92 Å². The van der Waals surface area contributed by atoms with E-state index >= 15 is 0 Å². The summed E-state index contributed by atoms with van der Waals surface area (Å²) >= 11 is 0. The van der Waals surface area contributed by atoms with E-state index in [9.17, 15) is 9.59 Å². The van der Waals surface area contributed by atoms with Gasteiger partial charge in [-0.15, -0.1) is 0 Å². The van der Waals surface area contributed by atoms with Gasteiger partial charge in [0.25, 0.3) is 5.79 Å². The Labute approximate surface area is 120 Å². The number of rotatable bonds is 5. The molecule has 8 nitrogen and oxygen atoms in total. The average Bonchev–Trinajstić information content (AvgIpc) is 2.82. The molecule has 0 amide bonds. The number of carbonyl (C=O) groups is 2. The third-order valence-electron chi connectivity index (χ3n) is 2.52. The van der Waals surface area contributed by atoms with Crippen molar-refractivity contribution in [3.8, 4) is 0 Å². The normalized spacial score (nSPS) is 18.8. The second-order valence-electron chi connectivity index (χ2n) is 4.67. The third-order valence-corrected chi connectivity index (χ3v) is 2.52. The van der Waals surface area contributed by atoms with Crippen LogP contribution in [-0.2, 0) is 35.4 Å². The molecule has 1 aromatic heterocycles. The summed E-state index contributed by atoms with van der Waals surface area (Å²) in [5.41, 5.74) is 0. The molecule has 0 bridgehead atoms. The number of esters is 2. The first-order valence-corrected chi connectivity index (χ1v) is 6.15. The average molecular weight is 297 g/mol. The van der Waals surface area contributed by atoms with Crippen molar-refractivity contribution in [1.29, 1.82) is 0 Å². The Kier molecular flexibility index (Phi) is 4.39. The van der Waals surface area contributed by atoms with Gasteiger partial charge in [-0.2, -0.15) is 0 Å². The van der Waals surface area contributed by atoms with Crippen molar-refractivity contribution in [2.24, 2.45) is 10.9 Å². The van der Waals surface area contributed by atoms with Gasteiger partial charge in [-0.3, -0.25) is 9.59 Å². The van der Waals surface area contributed by atoms with Gasteiger partial charge < -0.3 is 13.9 Å². The zero-order valence-corrected chi connectivity index (χ0v) is 11.8. The minimum atomic E-state index is -1.26. The van der Waals surface area contributed by atoms with Crippen molar-refractivity contribution in [2.45, 2.75) is 26.2 Å².